The van der Waals surface area contributed by atoms with Crippen molar-refractivity contribution in [1.29, 1.82) is 5.26 Å². The molecule has 1 aromatic rings. The molecular weight excluding hydrogens is 316 g/mol. The first kappa shape index (κ1) is 18.8. The Bertz CT molecular complexity index is 704. The van der Waals surface area contributed by atoms with Gasteiger partial charge in [-0.25, -0.2) is 0 Å². The Morgan fingerprint density at radius 1 is 1.36 bits per heavy atom. The van der Waals surface area contributed by atoms with Crippen LogP contribution in [0.3, 0.4) is 0 Å². The second kappa shape index (κ2) is 7.56. The standard InChI is InChI=1S/C19H26N4O2/c1-12(2)22-18(25)14-5-8-16(13(3)9-14)21-10-17(24)23-19(4,11-20)15-6-7-15/h5,8-9,12,15,21H,6-7,10H2,1-4H3,(H,22,25)(H,23,24)/t19-/m0/s1. The Morgan fingerprint density at radius 3 is 2.56 bits per heavy atom. The second-order valence-corrected chi connectivity index (χ2v) is 7.15. The highest BCUT2D eigenvalue weighted by Crippen LogP contribution is 2.39. The molecule has 6 nitrogen and oxygen atoms in total. The molecule has 0 aliphatic heterocycles. The van der Waals surface area contributed by atoms with Crippen LogP contribution >= 0.6 is 0 Å². The van der Waals surface area contributed by atoms with Gasteiger partial charge >= 0.3 is 0 Å². The van der Waals surface area contributed by atoms with Crippen LogP contribution in [0, 0.1) is 24.2 Å². The topological polar surface area (TPSA) is 94.0 Å². The van der Waals surface area contributed by atoms with E-state index < -0.39 is 5.54 Å². The molecular formula is C19H26N4O2. The zero-order valence-corrected chi connectivity index (χ0v) is 15.3. The Balaban J connectivity index is 1.93. The van der Waals surface area contributed by atoms with Crippen LogP contribution in [0.2, 0.25) is 0 Å². The molecule has 1 saturated carbocycles. The van der Waals surface area contributed by atoms with Crippen LogP contribution < -0.4 is 16.0 Å². The smallest absolute Gasteiger partial charge is 0.251 e. The SMILES string of the molecule is Cc1cc(C(=O)NC(C)C)ccc1NCC(=O)N[C@@](C)(C#N)C1CC1. The van der Waals surface area contributed by atoms with E-state index in [1.54, 1.807) is 25.1 Å². The van der Waals surface area contributed by atoms with Gasteiger partial charge in [-0.15, -0.1) is 0 Å². The number of carbonyl (C=O) groups excluding carboxylic acids is 2. The van der Waals surface area contributed by atoms with E-state index in [0.29, 0.717) is 5.56 Å². The minimum atomic E-state index is -0.785. The Kier molecular flexibility index (Phi) is 5.68. The lowest BCUT2D eigenvalue weighted by atomic mass is 9.98. The molecule has 1 aromatic carbocycles. The average Bonchev–Trinajstić information content (AvgIpc) is 3.38. The van der Waals surface area contributed by atoms with Crippen LogP contribution in [0.25, 0.3) is 0 Å². The Labute approximate surface area is 149 Å². The third-order valence-corrected chi connectivity index (χ3v) is 4.37. The number of carbonyl (C=O) groups is 2. The first-order chi connectivity index (χ1) is 11.7. The van der Waals surface area contributed by atoms with Gasteiger partial charge in [0.2, 0.25) is 5.91 Å². The third kappa shape index (κ3) is 4.96. The number of nitrogens with one attached hydrogen (secondary N) is 3. The van der Waals surface area contributed by atoms with Crippen molar-refractivity contribution in [2.45, 2.75) is 52.1 Å². The van der Waals surface area contributed by atoms with Crippen LogP contribution in [-0.4, -0.2) is 29.9 Å². The van der Waals surface area contributed by atoms with Gasteiger partial charge in [-0.3, -0.25) is 9.59 Å². The van der Waals surface area contributed by atoms with Gasteiger partial charge in [0.15, 0.2) is 0 Å². The predicted molar refractivity (Wildman–Crippen MR) is 97.2 cm³/mol. The van der Waals surface area contributed by atoms with E-state index >= 15 is 0 Å². The summed E-state index contributed by atoms with van der Waals surface area (Å²) < 4.78 is 0. The van der Waals surface area contributed by atoms with Crippen molar-refractivity contribution < 1.29 is 9.59 Å². The zero-order chi connectivity index (χ0) is 18.6. The summed E-state index contributed by atoms with van der Waals surface area (Å²) in [6.45, 7) is 7.57. The van der Waals surface area contributed by atoms with Crippen LogP contribution in [-0.2, 0) is 4.79 Å². The van der Waals surface area contributed by atoms with Crippen LogP contribution in [0.4, 0.5) is 5.69 Å². The predicted octanol–water partition coefficient (Wildman–Crippen LogP) is 2.35. The lowest BCUT2D eigenvalue weighted by molar-refractivity contribution is -0.120. The third-order valence-electron chi connectivity index (χ3n) is 4.37. The van der Waals surface area contributed by atoms with Gasteiger partial charge in [0.25, 0.3) is 5.91 Å². The van der Waals surface area contributed by atoms with E-state index in [0.717, 1.165) is 24.1 Å². The molecule has 134 valence electrons. The summed E-state index contributed by atoms with van der Waals surface area (Å²) in [6, 6.07) is 7.61. The maximum Gasteiger partial charge on any atom is 0.251 e. The van der Waals surface area contributed by atoms with Crippen molar-refractivity contribution >= 4 is 17.5 Å². The highest BCUT2D eigenvalue weighted by atomic mass is 16.2. The van der Waals surface area contributed by atoms with Gasteiger partial charge in [-0.05, 0) is 70.2 Å². The lowest BCUT2D eigenvalue weighted by Crippen LogP contribution is -2.48. The van der Waals surface area contributed by atoms with Crippen molar-refractivity contribution in [2.75, 3.05) is 11.9 Å². The van der Waals surface area contributed by atoms with E-state index in [1.165, 1.54) is 0 Å². The molecule has 0 radical (unpaired) electrons. The summed E-state index contributed by atoms with van der Waals surface area (Å²) in [5, 5.41) is 18.0. The summed E-state index contributed by atoms with van der Waals surface area (Å²) >= 11 is 0. The number of hydrogen-bond acceptors (Lipinski definition) is 4. The van der Waals surface area contributed by atoms with Crippen molar-refractivity contribution in [2.24, 2.45) is 5.92 Å². The van der Waals surface area contributed by atoms with Gasteiger partial charge in [0, 0.05) is 17.3 Å². The van der Waals surface area contributed by atoms with Crippen LogP contribution in [0.15, 0.2) is 18.2 Å². The van der Waals surface area contributed by atoms with E-state index in [-0.39, 0.29) is 30.3 Å². The fourth-order valence-electron chi connectivity index (χ4n) is 2.74. The Hall–Kier alpha value is -2.55. The number of aryl methyl sites for hydroxylation is 1. The van der Waals surface area contributed by atoms with E-state index in [1.807, 2.05) is 20.8 Å². The molecule has 0 bridgehead atoms. The van der Waals surface area contributed by atoms with Gasteiger partial charge in [-0.2, -0.15) is 5.26 Å². The quantitative estimate of drug-likeness (QED) is 0.709. The zero-order valence-electron chi connectivity index (χ0n) is 15.3. The van der Waals surface area contributed by atoms with E-state index in [2.05, 4.69) is 22.0 Å². The summed E-state index contributed by atoms with van der Waals surface area (Å²) in [5.41, 5.74) is 1.48. The number of hydrogen-bond donors (Lipinski definition) is 3. The monoisotopic (exact) mass is 342 g/mol. The minimum absolute atomic E-state index is 0.0789. The highest BCUT2D eigenvalue weighted by molar-refractivity contribution is 5.95. The van der Waals surface area contributed by atoms with Crippen LogP contribution in [0.5, 0.6) is 0 Å². The number of anilines is 1. The van der Waals surface area contributed by atoms with Gasteiger partial charge in [-0.1, -0.05) is 0 Å². The highest BCUT2D eigenvalue weighted by Gasteiger charge is 2.42. The summed E-state index contributed by atoms with van der Waals surface area (Å²) in [6.07, 6.45) is 1.97. The van der Waals surface area contributed by atoms with Crippen molar-refractivity contribution in [3.05, 3.63) is 29.3 Å². The number of rotatable bonds is 7. The first-order valence-electron chi connectivity index (χ1n) is 8.63. The molecule has 1 aliphatic rings. The maximum absolute atomic E-state index is 12.1. The molecule has 0 spiro atoms. The van der Waals surface area contributed by atoms with Crippen molar-refractivity contribution in [3.63, 3.8) is 0 Å². The fraction of sp³-hybridized carbons (Fsp3) is 0.526. The second-order valence-electron chi connectivity index (χ2n) is 7.15. The summed E-state index contributed by atoms with van der Waals surface area (Å²) in [7, 11) is 0. The summed E-state index contributed by atoms with van der Waals surface area (Å²) in [5.74, 6) is -0.0736. The fourth-order valence-corrected chi connectivity index (χ4v) is 2.74. The number of benzene rings is 1. The largest absolute Gasteiger partial charge is 0.376 e. The molecule has 2 amide bonds. The molecule has 1 fully saturated rings. The first-order valence-corrected chi connectivity index (χ1v) is 8.63. The molecule has 25 heavy (non-hydrogen) atoms. The number of nitrogens with zero attached hydrogens (tertiary/aromatic N) is 1. The van der Waals surface area contributed by atoms with Gasteiger partial charge < -0.3 is 16.0 Å². The number of amides is 2. The average molecular weight is 342 g/mol. The minimum Gasteiger partial charge on any atom is -0.376 e. The van der Waals surface area contributed by atoms with Gasteiger partial charge in [0.1, 0.15) is 5.54 Å². The molecule has 1 aliphatic carbocycles. The molecule has 3 N–H and O–H groups in total. The Morgan fingerprint density at radius 2 is 2.04 bits per heavy atom. The molecule has 0 aromatic heterocycles. The van der Waals surface area contributed by atoms with Crippen molar-refractivity contribution in [3.8, 4) is 6.07 Å². The molecule has 1 atom stereocenters. The van der Waals surface area contributed by atoms with E-state index in [4.69, 9.17) is 0 Å². The number of nitriles is 1. The normalized spacial score (nSPS) is 15.8. The lowest BCUT2D eigenvalue weighted by Gasteiger charge is -2.23. The molecule has 0 saturated heterocycles. The summed E-state index contributed by atoms with van der Waals surface area (Å²) in [4.78, 5) is 24.2. The molecule has 0 heterocycles. The van der Waals surface area contributed by atoms with Crippen LogP contribution in [0.1, 0.15) is 49.5 Å². The maximum atomic E-state index is 12.1. The van der Waals surface area contributed by atoms with Crippen molar-refractivity contribution in [1.82, 2.24) is 10.6 Å². The molecule has 2 rings (SSSR count). The molecule has 6 heteroatoms. The van der Waals surface area contributed by atoms with Gasteiger partial charge in [0.05, 0.1) is 12.6 Å². The van der Waals surface area contributed by atoms with E-state index in [9.17, 15) is 14.9 Å². The molecule has 0 unspecified atom stereocenters.